The number of rotatable bonds is 14. The normalized spacial score (nSPS) is 15.3. The summed E-state index contributed by atoms with van der Waals surface area (Å²) in [5.74, 6) is -1.18. The van der Waals surface area contributed by atoms with Crippen LogP contribution in [-0.2, 0) is 17.3 Å². The summed E-state index contributed by atoms with van der Waals surface area (Å²) in [4.78, 5) is 29.9. The summed E-state index contributed by atoms with van der Waals surface area (Å²) in [6.45, 7) is 17.7. The van der Waals surface area contributed by atoms with E-state index in [1.165, 1.54) is 65.3 Å². The van der Waals surface area contributed by atoms with E-state index in [4.69, 9.17) is 27.6 Å². The van der Waals surface area contributed by atoms with Gasteiger partial charge in [-0.3, -0.25) is 9.59 Å². The third kappa shape index (κ3) is 13.3. The van der Waals surface area contributed by atoms with Crippen molar-refractivity contribution < 1.29 is 27.9 Å². The lowest BCUT2D eigenvalue weighted by molar-refractivity contribution is 0.0931. The Morgan fingerprint density at radius 2 is 1.06 bits per heavy atom. The molecule has 6 aromatic carbocycles. The maximum absolute atomic E-state index is 13.3. The molecular weight excluding hydrogens is 954 g/mol. The molecule has 8 nitrogen and oxygen atoms in total. The van der Waals surface area contributed by atoms with Gasteiger partial charge in [-0.15, -0.1) is 0 Å². The first kappa shape index (κ1) is 53.2. The number of fused-ring (bicyclic) bond motifs is 2. The molecule has 0 aromatic heterocycles. The Morgan fingerprint density at radius 1 is 0.634 bits per heavy atom. The molecule has 3 N–H and O–H groups in total. The number of nitrogens with zero attached hydrogens (tertiary/aromatic N) is 2. The Balaban J connectivity index is 0.000000213. The van der Waals surface area contributed by atoms with Gasteiger partial charge in [0.1, 0.15) is 11.6 Å². The maximum atomic E-state index is 13.3. The van der Waals surface area contributed by atoms with Crippen molar-refractivity contribution in [3.8, 4) is 0 Å². The standard InChI is InChI=1S/C32H40ClFN2O2Si.C26H26ClFN2O2/c1-22(35-31(37)23-12-15-28(34)16-13-23)24-14-17-29-25(19-24)10-8-18-36(29)30(26-9-7-11-27(33)20-26)21-38-39(5,6)32(2,3)4;1-17(29-26(32)18-7-10-23(28)11-8-18)19-9-12-24-20(14-19)5-3-13-30(24)25(16-31)21-4-2-6-22(27)15-21/h7,9,11-17,19-20,22,30H,8,10,18,21H2,1-6H3,(H,35,37);2,4,6-12,14-15,17,25,31H,3,5,13,16H2,1H3,(H,29,32). The highest BCUT2D eigenvalue weighted by Gasteiger charge is 2.39. The second-order valence-electron chi connectivity index (χ2n) is 20.2. The minimum Gasteiger partial charge on any atom is -0.414 e. The highest BCUT2D eigenvalue weighted by molar-refractivity contribution is 6.74. The average Bonchev–Trinajstić information content (AvgIpc) is 3.34. The minimum atomic E-state index is -1.96. The molecular formula is C58H66Cl2F2N4O4Si. The van der Waals surface area contributed by atoms with E-state index in [9.17, 15) is 23.5 Å². The number of halogens is 4. The summed E-state index contributed by atoms with van der Waals surface area (Å²) in [5, 5.41) is 17.7. The van der Waals surface area contributed by atoms with Crippen molar-refractivity contribution in [3.63, 3.8) is 0 Å². The summed E-state index contributed by atoms with van der Waals surface area (Å²) < 4.78 is 33.1. The SMILES string of the molecule is CC(NC(=O)c1ccc(F)cc1)c1ccc2c(c1)CCCN2C(CO)c1cccc(Cl)c1.CC(NC(=O)c1ccc(F)cc1)c1ccc2c(c1)CCCN2C(CO[Si](C)(C)C(C)(C)C)c1cccc(Cl)c1. The molecule has 2 amide bonds. The van der Waals surface area contributed by atoms with Crippen LogP contribution < -0.4 is 20.4 Å². The molecule has 0 fully saturated rings. The van der Waals surface area contributed by atoms with E-state index in [2.05, 4.69) is 96.8 Å². The highest BCUT2D eigenvalue weighted by atomic mass is 35.5. The van der Waals surface area contributed by atoms with Gasteiger partial charge in [-0.1, -0.05) is 92.5 Å². The third-order valence-electron chi connectivity index (χ3n) is 14.2. The molecule has 8 rings (SSSR count). The van der Waals surface area contributed by atoms with Crippen molar-refractivity contribution in [2.75, 3.05) is 36.1 Å². The Morgan fingerprint density at radius 3 is 1.46 bits per heavy atom. The van der Waals surface area contributed by atoms with E-state index >= 15 is 0 Å². The number of carbonyl (C=O) groups excluding carboxylic acids is 2. The number of nitrogens with one attached hydrogen (secondary N) is 2. The summed E-state index contributed by atoms with van der Waals surface area (Å²) in [7, 11) is -1.96. The Kier molecular flexibility index (Phi) is 17.5. The molecule has 2 aliphatic rings. The molecule has 0 saturated heterocycles. The van der Waals surface area contributed by atoms with Crippen LogP contribution in [0.5, 0.6) is 0 Å². The second-order valence-corrected chi connectivity index (χ2v) is 25.9. The second kappa shape index (κ2) is 23.3. The first-order valence-corrected chi connectivity index (χ1v) is 28.2. The molecule has 2 heterocycles. The Bertz CT molecular complexity index is 2790. The molecule has 4 atom stereocenters. The lowest BCUT2D eigenvalue weighted by Crippen LogP contribution is -2.44. The van der Waals surface area contributed by atoms with Crippen molar-refractivity contribution >= 4 is 54.7 Å². The van der Waals surface area contributed by atoms with E-state index in [1.807, 2.05) is 56.3 Å². The van der Waals surface area contributed by atoms with Gasteiger partial charge in [0, 0.05) is 45.6 Å². The van der Waals surface area contributed by atoms with E-state index < -0.39 is 8.32 Å². The zero-order valence-electron chi connectivity index (χ0n) is 41.7. The maximum Gasteiger partial charge on any atom is 0.251 e. The smallest absolute Gasteiger partial charge is 0.251 e. The number of aliphatic hydroxyl groups excluding tert-OH is 1. The van der Waals surface area contributed by atoms with Crippen molar-refractivity contribution in [3.05, 3.63) is 200 Å². The summed E-state index contributed by atoms with van der Waals surface area (Å²) >= 11 is 12.6. The molecule has 6 aromatic rings. The fourth-order valence-corrected chi connectivity index (χ4v) is 10.5. The van der Waals surface area contributed by atoms with Crippen molar-refractivity contribution in [2.24, 2.45) is 0 Å². The fraction of sp³-hybridized carbons (Fsp3) is 0.345. The molecule has 2 aliphatic heterocycles. The topological polar surface area (TPSA) is 94.1 Å². The molecule has 4 unspecified atom stereocenters. The number of aryl methyl sites for hydroxylation is 2. The number of carbonyl (C=O) groups is 2. The van der Waals surface area contributed by atoms with Crippen LogP contribution in [0.4, 0.5) is 20.2 Å². The van der Waals surface area contributed by atoms with Crippen LogP contribution in [0, 0.1) is 11.6 Å². The quantitative estimate of drug-likeness (QED) is 0.0941. The van der Waals surface area contributed by atoms with Crippen molar-refractivity contribution in [1.29, 1.82) is 0 Å². The van der Waals surface area contributed by atoms with Gasteiger partial charge < -0.3 is 30.0 Å². The molecule has 0 radical (unpaired) electrons. The van der Waals surface area contributed by atoms with Crippen molar-refractivity contribution in [1.82, 2.24) is 10.6 Å². The molecule has 374 valence electrons. The lowest BCUT2D eigenvalue weighted by atomic mass is 9.94. The fourth-order valence-electron chi connectivity index (χ4n) is 9.09. The van der Waals surface area contributed by atoms with Crippen LogP contribution in [0.15, 0.2) is 133 Å². The lowest BCUT2D eigenvalue weighted by Gasteiger charge is -2.42. The van der Waals surface area contributed by atoms with Gasteiger partial charge in [0.15, 0.2) is 8.32 Å². The van der Waals surface area contributed by atoms with Crippen LogP contribution in [0.2, 0.25) is 28.2 Å². The number of hydrogen-bond donors (Lipinski definition) is 3. The highest BCUT2D eigenvalue weighted by Crippen LogP contribution is 2.41. The van der Waals surface area contributed by atoms with Gasteiger partial charge in [-0.25, -0.2) is 8.78 Å². The largest absolute Gasteiger partial charge is 0.414 e. The predicted octanol–water partition coefficient (Wildman–Crippen LogP) is 13.9. The molecule has 0 spiro atoms. The van der Waals surface area contributed by atoms with Gasteiger partial charge in [0.2, 0.25) is 0 Å². The zero-order valence-corrected chi connectivity index (χ0v) is 44.3. The van der Waals surface area contributed by atoms with Crippen LogP contribution in [0.1, 0.15) is 126 Å². The van der Waals surface area contributed by atoms with Gasteiger partial charge in [0.05, 0.1) is 37.4 Å². The first-order valence-electron chi connectivity index (χ1n) is 24.5. The number of hydrogen-bond acceptors (Lipinski definition) is 6. The van der Waals surface area contributed by atoms with Gasteiger partial charge in [-0.05, 0) is 176 Å². The first-order chi connectivity index (χ1) is 33.8. The van der Waals surface area contributed by atoms with Crippen LogP contribution in [0.3, 0.4) is 0 Å². The molecule has 71 heavy (non-hydrogen) atoms. The summed E-state index contributed by atoms with van der Waals surface area (Å²) in [5.41, 5.74) is 9.80. The monoisotopic (exact) mass is 1020 g/mol. The number of benzene rings is 6. The predicted molar refractivity (Wildman–Crippen MR) is 287 cm³/mol. The van der Waals surface area contributed by atoms with Crippen LogP contribution >= 0.6 is 23.2 Å². The van der Waals surface area contributed by atoms with Gasteiger partial charge >= 0.3 is 0 Å². The van der Waals surface area contributed by atoms with E-state index in [-0.39, 0.29) is 59.3 Å². The Labute approximate surface area is 429 Å². The molecule has 0 aliphatic carbocycles. The van der Waals surface area contributed by atoms with Crippen molar-refractivity contribution in [2.45, 2.75) is 103 Å². The molecule has 0 bridgehead atoms. The minimum absolute atomic E-state index is 0.00827. The molecule has 0 saturated carbocycles. The van der Waals surface area contributed by atoms with Gasteiger partial charge in [0.25, 0.3) is 11.8 Å². The Hall–Kier alpha value is -5.56. The molecule has 13 heteroatoms. The third-order valence-corrected chi connectivity index (χ3v) is 19.2. The summed E-state index contributed by atoms with van der Waals surface area (Å²) in [6.07, 6.45) is 3.92. The number of amides is 2. The number of aliphatic hydroxyl groups is 1. The number of anilines is 2. The van der Waals surface area contributed by atoms with E-state index in [0.29, 0.717) is 22.8 Å². The van der Waals surface area contributed by atoms with Crippen LogP contribution in [0.25, 0.3) is 0 Å². The van der Waals surface area contributed by atoms with Crippen LogP contribution in [-0.4, -0.2) is 51.5 Å². The average molecular weight is 1020 g/mol. The zero-order chi connectivity index (χ0) is 51.0. The van der Waals surface area contributed by atoms with E-state index in [0.717, 1.165) is 71.7 Å². The van der Waals surface area contributed by atoms with Gasteiger partial charge in [-0.2, -0.15) is 0 Å². The summed E-state index contributed by atoms with van der Waals surface area (Å²) in [6, 6.07) is 39.0. The van der Waals surface area contributed by atoms with E-state index in [1.54, 1.807) is 0 Å².